The molecule has 2 aromatic rings. The third kappa shape index (κ3) is 4.04. The number of methoxy groups -OCH3 is 2. The zero-order valence-electron chi connectivity index (χ0n) is 15.9. The smallest absolute Gasteiger partial charge is 0.174 e. The molecule has 0 bridgehead atoms. The average Bonchev–Trinajstić information content (AvgIpc) is 2.98. The van der Waals surface area contributed by atoms with Crippen molar-refractivity contribution >= 4 is 17.4 Å². The second-order valence-corrected chi connectivity index (χ2v) is 7.03. The van der Waals surface area contributed by atoms with Crippen LogP contribution in [-0.2, 0) is 36.0 Å². The molecule has 1 aromatic heterocycles. The lowest BCUT2D eigenvalue weighted by atomic mass is 10.2. The molecule has 0 radical (unpaired) electrons. The summed E-state index contributed by atoms with van der Waals surface area (Å²) in [4.78, 5) is 9.50. The second-order valence-electron chi connectivity index (χ2n) is 6.59. The highest BCUT2D eigenvalue weighted by atomic mass is 35.5. The predicted octanol–water partition coefficient (Wildman–Crippen LogP) is 3.03. The molecule has 7 heteroatoms. The first kappa shape index (κ1) is 19.2. The molecule has 0 spiro atoms. The van der Waals surface area contributed by atoms with E-state index in [4.69, 9.17) is 26.1 Å². The Morgan fingerprint density at radius 1 is 1.19 bits per heavy atom. The fourth-order valence-corrected chi connectivity index (χ4v) is 3.53. The van der Waals surface area contributed by atoms with Crippen LogP contribution in [0.2, 0.25) is 5.02 Å². The normalized spacial score (nSPS) is 14.9. The number of fused-ring (bicyclic) bond motifs is 1. The predicted molar refractivity (Wildman–Crippen MR) is 103 cm³/mol. The Hall–Kier alpha value is -1.60. The minimum Gasteiger partial charge on any atom is -0.354 e. The molecular formula is C19H27ClN4O2. The highest BCUT2D eigenvalue weighted by molar-refractivity contribution is 6.30. The van der Waals surface area contributed by atoms with Gasteiger partial charge in [-0.1, -0.05) is 30.7 Å². The van der Waals surface area contributed by atoms with Crippen LogP contribution in [0.25, 0.3) is 0 Å². The molecule has 26 heavy (non-hydrogen) atoms. The molecule has 6 nitrogen and oxygen atoms in total. The van der Waals surface area contributed by atoms with Gasteiger partial charge in [0.05, 0.1) is 18.9 Å². The van der Waals surface area contributed by atoms with Crippen molar-refractivity contribution in [2.75, 3.05) is 32.3 Å². The Kier molecular flexibility index (Phi) is 6.19. The Balaban J connectivity index is 1.85. The van der Waals surface area contributed by atoms with Crippen LogP contribution in [0, 0.1) is 0 Å². The lowest BCUT2D eigenvalue weighted by molar-refractivity contribution is -0.0961. The molecule has 0 aliphatic carbocycles. The molecule has 0 atom stereocenters. The van der Waals surface area contributed by atoms with Crippen molar-refractivity contribution < 1.29 is 9.47 Å². The number of halogens is 1. The van der Waals surface area contributed by atoms with E-state index < -0.39 is 0 Å². The van der Waals surface area contributed by atoms with Gasteiger partial charge in [-0.05, 0) is 17.7 Å². The van der Waals surface area contributed by atoms with E-state index in [1.54, 1.807) is 14.2 Å². The first-order valence-electron chi connectivity index (χ1n) is 8.87. The van der Waals surface area contributed by atoms with Crippen molar-refractivity contribution in [3.63, 3.8) is 0 Å². The number of hydrogen-bond acceptors (Lipinski definition) is 5. The summed E-state index contributed by atoms with van der Waals surface area (Å²) in [5, 5.41) is 0.763. The third-order valence-electron chi connectivity index (χ3n) is 4.86. The zero-order valence-corrected chi connectivity index (χ0v) is 16.7. The van der Waals surface area contributed by atoms with E-state index in [1.807, 2.05) is 12.1 Å². The van der Waals surface area contributed by atoms with E-state index in [2.05, 4.69) is 40.5 Å². The number of nitrogens with zero attached hydrogens (tertiary/aromatic N) is 4. The fraction of sp³-hybridized carbons (Fsp3) is 0.526. The van der Waals surface area contributed by atoms with Gasteiger partial charge in [0.1, 0.15) is 5.82 Å². The van der Waals surface area contributed by atoms with Crippen molar-refractivity contribution in [3.8, 4) is 0 Å². The van der Waals surface area contributed by atoms with Crippen LogP contribution >= 0.6 is 11.6 Å². The topological polar surface area (TPSA) is 42.8 Å². The van der Waals surface area contributed by atoms with Crippen LogP contribution < -0.4 is 4.90 Å². The van der Waals surface area contributed by atoms with Gasteiger partial charge in [0.25, 0.3) is 0 Å². The van der Waals surface area contributed by atoms with Crippen LogP contribution in [0.15, 0.2) is 24.3 Å². The SMILES string of the molecule is CCc1nc2c(n1C)CN(Cc1ccc(Cl)cc1)CN2CC(OC)OC. The van der Waals surface area contributed by atoms with Crippen molar-refractivity contribution in [3.05, 3.63) is 46.4 Å². The second kappa shape index (κ2) is 8.39. The quantitative estimate of drug-likeness (QED) is 0.693. The molecule has 0 unspecified atom stereocenters. The maximum atomic E-state index is 6.01. The van der Waals surface area contributed by atoms with E-state index in [1.165, 1.54) is 11.3 Å². The van der Waals surface area contributed by atoms with E-state index in [-0.39, 0.29) is 6.29 Å². The molecule has 1 aliphatic rings. The van der Waals surface area contributed by atoms with Gasteiger partial charge in [0, 0.05) is 45.8 Å². The molecule has 0 amide bonds. The van der Waals surface area contributed by atoms with Crippen molar-refractivity contribution in [2.45, 2.75) is 32.7 Å². The summed E-state index contributed by atoms with van der Waals surface area (Å²) in [6.07, 6.45) is 0.623. The summed E-state index contributed by atoms with van der Waals surface area (Å²) in [6, 6.07) is 8.04. The average molecular weight is 379 g/mol. The third-order valence-corrected chi connectivity index (χ3v) is 5.11. The van der Waals surface area contributed by atoms with Gasteiger partial charge >= 0.3 is 0 Å². The summed E-state index contributed by atoms with van der Waals surface area (Å²) in [5.74, 6) is 2.13. The van der Waals surface area contributed by atoms with Crippen molar-refractivity contribution in [2.24, 2.45) is 7.05 Å². The van der Waals surface area contributed by atoms with Crippen LogP contribution in [0.4, 0.5) is 5.82 Å². The summed E-state index contributed by atoms with van der Waals surface area (Å²) in [5.41, 5.74) is 2.47. The maximum absolute atomic E-state index is 6.01. The van der Waals surface area contributed by atoms with E-state index in [0.717, 1.165) is 42.8 Å². The summed E-state index contributed by atoms with van der Waals surface area (Å²) >= 11 is 6.01. The molecule has 1 aliphatic heterocycles. The van der Waals surface area contributed by atoms with Crippen LogP contribution in [-0.4, -0.2) is 48.2 Å². The molecule has 1 aromatic carbocycles. The maximum Gasteiger partial charge on any atom is 0.174 e. The molecular weight excluding hydrogens is 352 g/mol. The van der Waals surface area contributed by atoms with Gasteiger partial charge < -0.3 is 18.9 Å². The number of aryl methyl sites for hydroxylation is 1. The number of hydrogen-bond donors (Lipinski definition) is 0. The zero-order chi connectivity index (χ0) is 18.7. The van der Waals surface area contributed by atoms with Crippen LogP contribution in [0.5, 0.6) is 0 Å². The highest BCUT2D eigenvalue weighted by Crippen LogP contribution is 2.29. The van der Waals surface area contributed by atoms with E-state index in [9.17, 15) is 0 Å². The monoisotopic (exact) mass is 378 g/mol. The standard InChI is InChI=1S/C19H27ClN4O2/c1-5-17-21-19-16(22(17)2)11-23(10-14-6-8-15(20)9-7-14)13-24(19)12-18(25-3)26-4/h6-9,18H,5,10-13H2,1-4H3. The Morgan fingerprint density at radius 2 is 1.88 bits per heavy atom. The van der Waals surface area contributed by atoms with Gasteiger partial charge in [-0.2, -0.15) is 0 Å². The van der Waals surface area contributed by atoms with Crippen molar-refractivity contribution in [1.29, 1.82) is 0 Å². The van der Waals surface area contributed by atoms with Gasteiger partial charge in [0.2, 0.25) is 0 Å². The molecule has 142 valence electrons. The van der Waals surface area contributed by atoms with E-state index >= 15 is 0 Å². The first-order chi connectivity index (χ1) is 12.5. The van der Waals surface area contributed by atoms with Crippen molar-refractivity contribution in [1.82, 2.24) is 14.5 Å². The summed E-state index contributed by atoms with van der Waals surface area (Å²) in [6.45, 7) is 5.26. The largest absolute Gasteiger partial charge is 0.354 e. The molecule has 0 fully saturated rings. The van der Waals surface area contributed by atoms with Gasteiger partial charge in [0.15, 0.2) is 12.1 Å². The fourth-order valence-electron chi connectivity index (χ4n) is 3.41. The lowest BCUT2D eigenvalue weighted by Gasteiger charge is -2.37. The first-order valence-corrected chi connectivity index (χ1v) is 9.25. The Labute approximate surface area is 160 Å². The van der Waals surface area contributed by atoms with Gasteiger partial charge in [-0.25, -0.2) is 4.98 Å². The van der Waals surface area contributed by atoms with Gasteiger partial charge in [-0.15, -0.1) is 0 Å². The molecule has 0 saturated carbocycles. The molecule has 0 saturated heterocycles. The number of aromatic nitrogens is 2. The van der Waals surface area contributed by atoms with Crippen LogP contribution in [0.1, 0.15) is 24.0 Å². The number of anilines is 1. The summed E-state index contributed by atoms with van der Waals surface area (Å²) < 4.78 is 13.0. The highest BCUT2D eigenvalue weighted by Gasteiger charge is 2.29. The van der Waals surface area contributed by atoms with Crippen LogP contribution in [0.3, 0.4) is 0 Å². The minimum atomic E-state index is -0.287. The minimum absolute atomic E-state index is 0.287. The molecule has 0 N–H and O–H groups in total. The summed E-state index contributed by atoms with van der Waals surface area (Å²) in [7, 11) is 5.43. The number of rotatable bonds is 7. The number of imidazole rings is 1. The number of ether oxygens (including phenoxy) is 2. The number of benzene rings is 1. The molecule has 2 heterocycles. The lowest BCUT2D eigenvalue weighted by Crippen LogP contribution is -2.46. The molecule has 3 rings (SSSR count). The Morgan fingerprint density at radius 3 is 2.50 bits per heavy atom. The van der Waals surface area contributed by atoms with E-state index in [0.29, 0.717) is 6.54 Å². The van der Waals surface area contributed by atoms with Gasteiger partial charge in [-0.3, -0.25) is 4.90 Å². The Bertz CT molecular complexity index is 728.